The van der Waals surface area contributed by atoms with Gasteiger partial charge in [-0.3, -0.25) is 0 Å². The molecule has 2 N–H and O–H groups in total. The second-order valence-corrected chi connectivity index (χ2v) is 5.17. The van der Waals surface area contributed by atoms with Crippen LogP contribution in [0.1, 0.15) is 5.56 Å². The quantitative estimate of drug-likeness (QED) is 0.806. The van der Waals surface area contributed by atoms with E-state index in [1.54, 1.807) is 18.2 Å². The van der Waals surface area contributed by atoms with E-state index in [4.69, 9.17) is 14.2 Å². The summed E-state index contributed by atoms with van der Waals surface area (Å²) in [5.41, 5.74) is 1.31. The summed E-state index contributed by atoms with van der Waals surface area (Å²) in [6, 6.07) is 9.15. The van der Waals surface area contributed by atoms with Gasteiger partial charge in [-0.2, -0.15) is 0 Å². The zero-order chi connectivity index (χ0) is 18.2. The molecule has 0 heterocycles. The number of carbonyl (C=O) groups is 1. The number of urea groups is 1. The van der Waals surface area contributed by atoms with Crippen LogP contribution in [0, 0.1) is 5.82 Å². The maximum atomic E-state index is 13.1. The van der Waals surface area contributed by atoms with E-state index in [1.807, 2.05) is 6.07 Å². The number of methoxy groups -OCH3 is 3. The highest BCUT2D eigenvalue weighted by atomic mass is 19.1. The lowest BCUT2D eigenvalue weighted by atomic mass is 10.1. The van der Waals surface area contributed by atoms with Crippen LogP contribution in [0.2, 0.25) is 0 Å². The van der Waals surface area contributed by atoms with Crippen LogP contribution in [-0.2, 0) is 6.42 Å². The normalized spacial score (nSPS) is 10.1. The van der Waals surface area contributed by atoms with Crippen molar-refractivity contribution in [1.29, 1.82) is 0 Å². The summed E-state index contributed by atoms with van der Waals surface area (Å²) >= 11 is 0. The Morgan fingerprint density at radius 1 is 1.04 bits per heavy atom. The lowest BCUT2D eigenvalue weighted by Crippen LogP contribution is -2.30. The molecule has 134 valence electrons. The van der Waals surface area contributed by atoms with Crippen molar-refractivity contribution in [3.05, 3.63) is 47.8 Å². The molecule has 2 aromatic carbocycles. The van der Waals surface area contributed by atoms with Crippen LogP contribution in [0.25, 0.3) is 0 Å². The van der Waals surface area contributed by atoms with Gasteiger partial charge in [0.25, 0.3) is 0 Å². The number of nitrogens with one attached hydrogen (secondary N) is 2. The van der Waals surface area contributed by atoms with Gasteiger partial charge in [0.15, 0.2) is 11.5 Å². The SMILES string of the molecule is COc1cc(NC(=O)NCCc2cccc(F)c2)cc(OC)c1OC. The fraction of sp³-hybridized carbons (Fsp3) is 0.278. The van der Waals surface area contributed by atoms with E-state index < -0.39 is 0 Å². The van der Waals surface area contributed by atoms with Crippen LogP contribution in [0.3, 0.4) is 0 Å². The first-order valence-corrected chi connectivity index (χ1v) is 7.66. The maximum absolute atomic E-state index is 13.1. The van der Waals surface area contributed by atoms with E-state index >= 15 is 0 Å². The highest BCUT2D eigenvalue weighted by Gasteiger charge is 2.14. The summed E-state index contributed by atoms with van der Waals surface area (Å²) in [5, 5.41) is 5.42. The zero-order valence-electron chi connectivity index (χ0n) is 14.4. The average Bonchev–Trinajstić information content (AvgIpc) is 2.60. The van der Waals surface area contributed by atoms with E-state index in [0.717, 1.165) is 5.56 Å². The van der Waals surface area contributed by atoms with Crippen LogP contribution in [0.15, 0.2) is 36.4 Å². The molecular weight excluding hydrogens is 327 g/mol. The Labute approximate surface area is 145 Å². The van der Waals surface area contributed by atoms with Crippen molar-refractivity contribution in [3.63, 3.8) is 0 Å². The second kappa shape index (κ2) is 8.77. The topological polar surface area (TPSA) is 68.8 Å². The van der Waals surface area contributed by atoms with Gasteiger partial charge in [-0.05, 0) is 24.1 Å². The van der Waals surface area contributed by atoms with Crippen molar-refractivity contribution in [1.82, 2.24) is 5.32 Å². The molecule has 2 rings (SSSR count). The number of rotatable bonds is 7. The van der Waals surface area contributed by atoms with Crippen molar-refractivity contribution >= 4 is 11.7 Å². The molecule has 0 saturated heterocycles. The molecule has 0 bridgehead atoms. The van der Waals surface area contributed by atoms with Crippen LogP contribution < -0.4 is 24.8 Å². The van der Waals surface area contributed by atoms with Gasteiger partial charge in [0.2, 0.25) is 5.75 Å². The molecule has 0 atom stereocenters. The Bertz CT molecular complexity index is 712. The second-order valence-electron chi connectivity index (χ2n) is 5.17. The van der Waals surface area contributed by atoms with Crippen molar-refractivity contribution < 1.29 is 23.4 Å². The summed E-state index contributed by atoms with van der Waals surface area (Å²) in [6.45, 7) is 0.375. The Balaban J connectivity index is 1.95. The molecule has 2 aromatic rings. The minimum Gasteiger partial charge on any atom is -0.493 e. The summed E-state index contributed by atoms with van der Waals surface area (Å²) in [6.07, 6.45) is 0.528. The molecular formula is C18H21FN2O4. The first-order valence-electron chi connectivity index (χ1n) is 7.66. The van der Waals surface area contributed by atoms with Gasteiger partial charge in [-0.25, -0.2) is 9.18 Å². The standard InChI is InChI=1S/C18H21FN2O4/c1-23-15-10-14(11-16(24-2)17(15)25-3)21-18(22)20-8-7-12-5-4-6-13(19)9-12/h4-6,9-11H,7-8H2,1-3H3,(H2,20,21,22). The molecule has 0 fully saturated rings. The van der Waals surface area contributed by atoms with E-state index in [-0.39, 0.29) is 11.8 Å². The van der Waals surface area contributed by atoms with Crippen molar-refractivity contribution in [3.8, 4) is 17.2 Å². The smallest absolute Gasteiger partial charge is 0.319 e. The Morgan fingerprint density at radius 2 is 1.72 bits per heavy atom. The molecule has 0 spiro atoms. The first kappa shape index (κ1) is 18.4. The predicted molar refractivity (Wildman–Crippen MR) is 93.2 cm³/mol. The third-order valence-electron chi connectivity index (χ3n) is 3.51. The monoisotopic (exact) mass is 348 g/mol. The average molecular weight is 348 g/mol. The number of halogens is 1. The van der Waals surface area contributed by atoms with Crippen molar-refractivity contribution in [2.24, 2.45) is 0 Å². The van der Waals surface area contributed by atoms with E-state index in [0.29, 0.717) is 35.9 Å². The van der Waals surface area contributed by atoms with E-state index in [2.05, 4.69) is 10.6 Å². The molecule has 0 aliphatic carbocycles. The fourth-order valence-electron chi connectivity index (χ4n) is 2.34. The van der Waals surface area contributed by atoms with Crippen LogP contribution in [0.5, 0.6) is 17.2 Å². The van der Waals surface area contributed by atoms with Gasteiger partial charge >= 0.3 is 6.03 Å². The Morgan fingerprint density at radius 3 is 2.28 bits per heavy atom. The lowest BCUT2D eigenvalue weighted by Gasteiger charge is -2.15. The van der Waals surface area contributed by atoms with Gasteiger partial charge in [0.05, 0.1) is 27.0 Å². The number of benzene rings is 2. The molecule has 0 aromatic heterocycles. The lowest BCUT2D eigenvalue weighted by molar-refractivity contribution is 0.252. The van der Waals surface area contributed by atoms with Gasteiger partial charge in [0.1, 0.15) is 5.82 Å². The minimum absolute atomic E-state index is 0.292. The highest BCUT2D eigenvalue weighted by molar-refractivity contribution is 5.90. The molecule has 2 amide bonds. The Kier molecular flexibility index (Phi) is 6.45. The maximum Gasteiger partial charge on any atom is 0.319 e. The van der Waals surface area contributed by atoms with Crippen molar-refractivity contribution in [2.45, 2.75) is 6.42 Å². The van der Waals surface area contributed by atoms with Gasteiger partial charge in [0, 0.05) is 18.7 Å². The Hall–Kier alpha value is -2.96. The third-order valence-corrected chi connectivity index (χ3v) is 3.51. The zero-order valence-corrected chi connectivity index (χ0v) is 14.4. The number of hydrogen-bond acceptors (Lipinski definition) is 4. The van der Waals surface area contributed by atoms with Gasteiger partial charge in [-0.1, -0.05) is 12.1 Å². The van der Waals surface area contributed by atoms with Crippen LogP contribution in [0.4, 0.5) is 14.9 Å². The number of ether oxygens (including phenoxy) is 3. The highest BCUT2D eigenvalue weighted by Crippen LogP contribution is 2.39. The molecule has 0 radical (unpaired) electrons. The minimum atomic E-state index is -0.384. The molecule has 0 saturated carbocycles. The number of hydrogen-bond donors (Lipinski definition) is 2. The van der Waals surface area contributed by atoms with Gasteiger partial charge < -0.3 is 24.8 Å². The number of amides is 2. The van der Waals surface area contributed by atoms with E-state index in [1.165, 1.54) is 33.5 Å². The first-order chi connectivity index (χ1) is 12.1. The largest absolute Gasteiger partial charge is 0.493 e. The van der Waals surface area contributed by atoms with Crippen LogP contribution >= 0.6 is 0 Å². The number of anilines is 1. The molecule has 0 aliphatic rings. The summed E-state index contributed by atoms with van der Waals surface area (Å²) in [5.74, 6) is 1.04. The van der Waals surface area contributed by atoms with E-state index in [9.17, 15) is 9.18 Å². The number of carbonyl (C=O) groups excluding carboxylic acids is 1. The summed E-state index contributed by atoms with van der Waals surface area (Å²) in [4.78, 5) is 12.0. The molecule has 25 heavy (non-hydrogen) atoms. The van der Waals surface area contributed by atoms with Gasteiger partial charge in [-0.15, -0.1) is 0 Å². The fourth-order valence-corrected chi connectivity index (χ4v) is 2.34. The molecule has 7 heteroatoms. The predicted octanol–water partition coefficient (Wildman–Crippen LogP) is 3.22. The molecule has 6 nitrogen and oxygen atoms in total. The van der Waals surface area contributed by atoms with Crippen LogP contribution in [-0.4, -0.2) is 33.9 Å². The summed E-state index contributed by atoms with van der Waals surface area (Å²) in [7, 11) is 4.51. The summed E-state index contributed by atoms with van der Waals surface area (Å²) < 4.78 is 28.8. The molecule has 0 aliphatic heterocycles. The third kappa shape index (κ3) is 5.00. The van der Waals surface area contributed by atoms with Crippen molar-refractivity contribution in [2.75, 3.05) is 33.2 Å². The molecule has 0 unspecified atom stereocenters.